The highest BCUT2D eigenvalue weighted by Gasteiger charge is 2.23. The van der Waals surface area contributed by atoms with E-state index in [1.54, 1.807) is 31.2 Å². The summed E-state index contributed by atoms with van der Waals surface area (Å²) in [5.41, 5.74) is 2.71. The van der Waals surface area contributed by atoms with Gasteiger partial charge in [-0.25, -0.2) is 8.42 Å². The molecule has 7 nitrogen and oxygen atoms in total. The molecular weight excluding hydrogens is 530 g/mol. The molecule has 0 aliphatic rings. The van der Waals surface area contributed by atoms with Crippen LogP contribution in [0.4, 0.5) is 5.69 Å². The van der Waals surface area contributed by atoms with E-state index in [1.807, 2.05) is 36.6 Å². The Balaban J connectivity index is 1.68. The molecule has 0 bridgehead atoms. The molecule has 3 aromatic carbocycles. The molecule has 0 unspecified atom stereocenters. The first-order valence-corrected chi connectivity index (χ1v) is 14.5. The third-order valence-corrected chi connectivity index (χ3v) is 9.28. The van der Waals surface area contributed by atoms with E-state index < -0.39 is 15.9 Å². The lowest BCUT2D eigenvalue weighted by atomic mass is 10.2. The summed E-state index contributed by atoms with van der Waals surface area (Å²) in [6.45, 7) is 7.50. The Morgan fingerprint density at radius 1 is 1.05 bits per heavy atom. The first kappa shape index (κ1) is 27.1. The lowest BCUT2D eigenvalue weighted by Crippen LogP contribution is -2.30. The minimum atomic E-state index is -3.79. The number of thiazole rings is 1. The molecule has 194 valence electrons. The van der Waals surface area contributed by atoms with Crippen LogP contribution in [0.5, 0.6) is 0 Å². The fraction of sp³-hybridized carbons (Fsp3) is 0.259. The minimum absolute atomic E-state index is 0.105. The van der Waals surface area contributed by atoms with E-state index in [9.17, 15) is 13.2 Å². The third-order valence-electron chi connectivity index (χ3n) is 5.91. The van der Waals surface area contributed by atoms with Crippen LogP contribution >= 0.6 is 22.9 Å². The third kappa shape index (κ3) is 5.65. The second kappa shape index (κ2) is 11.6. The minimum Gasteiger partial charge on any atom is -0.380 e. The van der Waals surface area contributed by atoms with Crippen molar-refractivity contribution in [2.24, 2.45) is 4.99 Å². The van der Waals surface area contributed by atoms with Gasteiger partial charge in [-0.3, -0.25) is 9.10 Å². The Kier molecular flexibility index (Phi) is 8.49. The number of para-hydroxylation sites is 1. The number of anilines is 1. The maximum atomic E-state index is 13.3. The Labute approximate surface area is 225 Å². The molecule has 0 atom stereocenters. The van der Waals surface area contributed by atoms with Crippen molar-refractivity contribution in [1.82, 2.24) is 4.57 Å². The molecule has 1 amide bonds. The van der Waals surface area contributed by atoms with Crippen molar-refractivity contribution in [2.75, 3.05) is 24.1 Å². The van der Waals surface area contributed by atoms with Crippen LogP contribution in [-0.2, 0) is 21.3 Å². The Morgan fingerprint density at radius 3 is 2.41 bits per heavy atom. The smallest absolute Gasteiger partial charge is 0.279 e. The number of fused-ring (bicyclic) bond motifs is 1. The van der Waals surface area contributed by atoms with Gasteiger partial charge in [0.25, 0.3) is 15.9 Å². The average molecular weight is 558 g/mol. The fourth-order valence-corrected chi connectivity index (χ4v) is 6.78. The number of halogens is 1. The summed E-state index contributed by atoms with van der Waals surface area (Å²) in [6.07, 6.45) is 0. The van der Waals surface area contributed by atoms with Crippen molar-refractivity contribution < 1.29 is 17.9 Å². The molecule has 0 saturated heterocycles. The van der Waals surface area contributed by atoms with Crippen LogP contribution in [0, 0.1) is 6.92 Å². The number of hydrogen-bond acceptors (Lipinski definition) is 5. The standard InChI is InChI=1S/C27H28ClN3O4S2/c1-4-31(21-9-7-6-8-10-21)37(33,34)22-13-11-20(12-14-22)26(32)29-27-30(17-18-35-5-2)25-19(3)23(28)15-16-24(25)36-27/h6-16H,4-5,17-18H2,1-3H3. The molecule has 4 rings (SSSR count). The summed E-state index contributed by atoms with van der Waals surface area (Å²) < 4.78 is 36.3. The van der Waals surface area contributed by atoms with E-state index in [2.05, 4.69) is 4.99 Å². The number of carbonyl (C=O) groups is 1. The van der Waals surface area contributed by atoms with Gasteiger partial charge in [0.2, 0.25) is 0 Å². The van der Waals surface area contributed by atoms with Gasteiger partial charge in [-0.15, -0.1) is 0 Å². The van der Waals surface area contributed by atoms with Gasteiger partial charge in [0, 0.05) is 30.3 Å². The highest BCUT2D eigenvalue weighted by atomic mass is 35.5. The number of hydrogen-bond donors (Lipinski definition) is 0. The van der Waals surface area contributed by atoms with Crippen LogP contribution in [0.25, 0.3) is 10.2 Å². The molecule has 4 aromatic rings. The zero-order valence-corrected chi connectivity index (χ0v) is 23.2. The zero-order chi connectivity index (χ0) is 26.6. The molecule has 0 N–H and O–H groups in total. The maximum absolute atomic E-state index is 13.3. The van der Waals surface area contributed by atoms with Gasteiger partial charge in [0.15, 0.2) is 4.80 Å². The van der Waals surface area contributed by atoms with E-state index in [0.717, 1.165) is 15.8 Å². The lowest BCUT2D eigenvalue weighted by Gasteiger charge is -2.22. The summed E-state index contributed by atoms with van der Waals surface area (Å²) >= 11 is 7.76. The molecule has 0 fully saturated rings. The highest BCUT2D eigenvalue weighted by molar-refractivity contribution is 7.92. The van der Waals surface area contributed by atoms with Gasteiger partial charge in [-0.05, 0) is 74.9 Å². The van der Waals surface area contributed by atoms with Crippen LogP contribution in [-0.4, -0.2) is 38.7 Å². The van der Waals surface area contributed by atoms with Gasteiger partial charge in [-0.2, -0.15) is 4.99 Å². The van der Waals surface area contributed by atoms with Crippen molar-refractivity contribution in [3.05, 3.63) is 87.7 Å². The first-order valence-electron chi connectivity index (χ1n) is 11.9. The summed E-state index contributed by atoms with van der Waals surface area (Å²) in [7, 11) is -3.79. The molecule has 1 aromatic heterocycles. The maximum Gasteiger partial charge on any atom is 0.279 e. The Bertz CT molecular complexity index is 1580. The molecule has 1 heterocycles. The van der Waals surface area contributed by atoms with Crippen LogP contribution in [0.1, 0.15) is 29.8 Å². The van der Waals surface area contributed by atoms with Crippen molar-refractivity contribution in [3.8, 4) is 0 Å². The van der Waals surface area contributed by atoms with E-state index in [0.29, 0.717) is 40.8 Å². The fourth-order valence-electron chi connectivity index (χ4n) is 4.04. The predicted molar refractivity (Wildman–Crippen MR) is 149 cm³/mol. The van der Waals surface area contributed by atoms with E-state index in [4.69, 9.17) is 16.3 Å². The topological polar surface area (TPSA) is 81.0 Å². The number of amides is 1. The lowest BCUT2D eigenvalue weighted by molar-refractivity contribution is 0.0996. The summed E-state index contributed by atoms with van der Waals surface area (Å²) in [4.78, 5) is 18.1. The largest absolute Gasteiger partial charge is 0.380 e. The van der Waals surface area contributed by atoms with Crippen molar-refractivity contribution in [1.29, 1.82) is 0 Å². The summed E-state index contributed by atoms with van der Waals surface area (Å²) in [6, 6.07) is 18.6. The molecular formula is C27H28ClN3O4S2. The van der Waals surface area contributed by atoms with Crippen LogP contribution in [0.15, 0.2) is 76.6 Å². The molecule has 0 aliphatic carbocycles. The van der Waals surface area contributed by atoms with Crippen molar-refractivity contribution >= 4 is 54.8 Å². The van der Waals surface area contributed by atoms with E-state index in [1.165, 1.54) is 39.9 Å². The first-order chi connectivity index (χ1) is 17.8. The molecule has 10 heteroatoms. The van der Waals surface area contributed by atoms with Crippen LogP contribution < -0.4 is 9.11 Å². The molecule has 0 aliphatic heterocycles. The van der Waals surface area contributed by atoms with Gasteiger partial charge < -0.3 is 9.30 Å². The zero-order valence-electron chi connectivity index (χ0n) is 20.8. The van der Waals surface area contributed by atoms with Gasteiger partial charge in [0.1, 0.15) is 0 Å². The number of ether oxygens (including phenoxy) is 1. The number of aromatic nitrogens is 1. The summed E-state index contributed by atoms with van der Waals surface area (Å²) in [5.74, 6) is -0.458. The Hall–Kier alpha value is -2.98. The SMILES string of the molecule is CCOCCn1c(=NC(=O)c2ccc(S(=O)(=O)N(CC)c3ccccc3)cc2)sc2ccc(Cl)c(C)c21. The Morgan fingerprint density at radius 2 is 1.76 bits per heavy atom. The average Bonchev–Trinajstić information content (AvgIpc) is 3.25. The summed E-state index contributed by atoms with van der Waals surface area (Å²) in [5, 5.41) is 0.641. The second-order valence-electron chi connectivity index (χ2n) is 8.20. The normalized spacial score (nSPS) is 12.3. The van der Waals surface area contributed by atoms with Crippen molar-refractivity contribution in [2.45, 2.75) is 32.2 Å². The van der Waals surface area contributed by atoms with E-state index in [-0.39, 0.29) is 11.4 Å². The van der Waals surface area contributed by atoms with Crippen LogP contribution in [0.3, 0.4) is 0 Å². The number of rotatable bonds is 9. The molecule has 0 saturated carbocycles. The predicted octanol–water partition coefficient (Wildman–Crippen LogP) is 5.66. The quantitative estimate of drug-likeness (QED) is 0.249. The number of carbonyl (C=O) groups excluding carboxylic acids is 1. The van der Waals surface area contributed by atoms with Gasteiger partial charge in [-0.1, -0.05) is 41.1 Å². The van der Waals surface area contributed by atoms with Gasteiger partial charge >= 0.3 is 0 Å². The van der Waals surface area contributed by atoms with Crippen LogP contribution in [0.2, 0.25) is 5.02 Å². The number of benzene rings is 3. The molecule has 37 heavy (non-hydrogen) atoms. The van der Waals surface area contributed by atoms with Crippen molar-refractivity contribution in [3.63, 3.8) is 0 Å². The highest BCUT2D eigenvalue weighted by Crippen LogP contribution is 2.27. The number of nitrogens with zero attached hydrogens (tertiary/aromatic N) is 3. The second-order valence-corrected chi connectivity index (χ2v) is 11.5. The molecule has 0 spiro atoms. The number of aryl methyl sites for hydroxylation is 1. The molecule has 0 radical (unpaired) electrons. The number of sulfonamides is 1. The van der Waals surface area contributed by atoms with E-state index >= 15 is 0 Å². The monoisotopic (exact) mass is 557 g/mol. The van der Waals surface area contributed by atoms with Gasteiger partial charge in [0.05, 0.1) is 27.4 Å².